The molecule has 3 aromatic carbocycles. The summed E-state index contributed by atoms with van der Waals surface area (Å²) in [5.74, 6) is -6.63. The van der Waals surface area contributed by atoms with Crippen molar-refractivity contribution in [1.29, 1.82) is 0 Å². The maximum atomic E-state index is 15.4. The number of carbonyl (C=O) groups is 4. The van der Waals surface area contributed by atoms with Crippen LogP contribution in [0, 0.1) is 23.7 Å². The van der Waals surface area contributed by atoms with E-state index in [-0.39, 0.29) is 50.2 Å². The van der Waals surface area contributed by atoms with Crippen molar-refractivity contribution in [3.05, 3.63) is 135 Å². The highest BCUT2D eigenvalue weighted by atomic mass is 35.5. The predicted octanol–water partition coefficient (Wildman–Crippen LogP) is 6.96. The maximum absolute atomic E-state index is 15.4. The number of anilines is 1. The number of para-hydroxylation sites is 1. The fourth-order valence-electron chi connectivity index (χ4n) is 9.12. The lowest BCUT2D eigenvalue weighted by atomic mass is 9.49. The zero-order chi connectivity index (χ0) is 39.5. The average Bonchev–Trinajstić information content (AvgIpc) is 3.55. The van der Waals surface area contributed by atoms with Crippen LogP contribution in [0.1, 0.15) is 41.0 Å². The Morgan fingerprint density at radius 3 is 2.32 bits per heavy atom. The number of benzene rings is 3. The number of hydrogen-bond donors (Lipinski definition) is 2. The van der Waals surface area contributed by atoms with Gasteiger partial charge in [-0.15, -0.1) is 0 Å². The van der Waals surface area contributed by atoms with E-state index in [9.17, 15) is 32.7 Å². The molecule has 2 aliphatic heterocycles. The van der Waals surface area contributed by atoms with Crippen LogP contribution < -0.4 is 10.2 Å². The summed E-state index contributed by atoms with van der Waals surface area (Å²) in [6, 6.07) is 23.2. The van der Waals surface area contributed by atoms with Crippen molar-refractivity contribution < 1.29 is 42.2 Å². The highest BCUT2D eigenvalue weighted by molar-refractivity contribution is 6.33. The number of aromatic nitrogens is 1. The quantitative estimate of drug-likeness (QED) is 0.137. The van der Waals surface area contributed by atoms with Crippen molar-refractivity contribution in [2.75, 3.05) is 18.6 Å². The number of allylic oxidation sites excluding steroid dienone is 2. The lowest BCUT2D eigenvalue weighted by Gasteiger charge is -2.50. The molecule has 3 heterocycles. The Morgan fingerprint density at radius 2 is 1.62 bits per heavy atom. The summed E-state index contributed by atoms with van der Waals surface area (Å²) in [4.78, 5) is 63.9. The summed E-state index contributed by atoms with van der Waals surface area (Å²) in [6.07, 6.45) is -2.15. The van der Waals surface area contributed by atoms with E-state index in [2.05, 4.69) is 10.4 Å². The molecule has 2 aliphatic carbocycles. The second-order valence-corrected chi connectivity index (χ2v) is 15.1. The molecule has 2 saturated heterocycles. The van der Waals surface area contributed by atoms with Crippen molar-refractivity contribution >= 4 is 52.6 Å². The van der Waals surface area contributed by atoms with Gasteiger partial charge in [0, 0.05) is 22.7 Å². The number of alkyl halides is 3. The van der Waals surface area contributed by atoms with Gasteiger partial charge in [-0.2, -0.15) is 18.2 Å². The molecule has 1 aromatic heterocycles. The van der Waals surface area contributed by atoms with Gasteiger partial charge in [0.05, 0.1) is 46.9 Å². The minimum Gasteiger partial charge on any atom is -0.491 e. The van der Waals surface area contributed by atoms with Crippen molar-refractivity contribution in [3.63, 3.8) is 0 Å². The largest absolute Gasteiger partial charge is 0.491 e. The molecule has 1 saturated carbocycles. The fourth-order valence-corrected chi connectivity index (χ4v) is 9.45. The Morgan fingerprint density at radius 1 is 0.911 bits per heavy atom. The van der Waals surface area contributed by atoms with Gasteiger partial charge in [-0.3, -0.25) is 29.5 Å². The van der Waals surface area contributed by atoms with Crippen molar-refractivity contribution in [2.45, 2.75) is 36.9 Å². The summed E-state index contributed by atoms with van der Waals surface area (Å²) in [5, 5.41) is 10.3. The molecule has 6 unspecified atom stereocenters. The van der Waals surface area contributed by atoms with Gasteiger partial charge < -0.3 is 9.84 Å². The van der Waals surface area contributed by atoms with Crippen LogP contribution in [0.3, 0.4) is 0 Å². The Balaban J connectivity index is 1.30. The molecule has 56 heavy (non-hydrogen) atoms. The molecule has 8 rings (SSSR count). The Bertz CT molecular complexity index is 2270. The summed E-state index contributed by atoms with van der Waals surface area (Å²) < 4.78 is 46.6. The summed E-state index contributed by atoms with van der Waals surface area (Å²) in [6.45, 7) is -0.333. The molecule has 4 amide bonds. The number of aliphatic hydroxyl groups is 1. The Labute approximate surface area is 328 Å². The number of imide groups is 2. The number of pyridine rings is 1. The van der Waals surface area contributed by atoms with Gasteiger partial charge in [-0.1, -0.05) is 95.5 Å². The first-order valence-corrected chi connectivity index (χ1v) is 18.7. The minimum atomic E-state index is -4.75. The number of nitrogens with zero attached hydrogens (tertiary/aromatic N) is 3. The summed E-state index contributed by atoms with van der Waals surface area (Å²) in [5.41, 5.74) is 2.10. The molecule has 15 heteroatoms. The first kappa shape index (κ1) is 37.7. The molecule has 0 radical (unpaired) electrons. The molecule has 0 spiro atoms. The van der Waals surface area contributed by atoms with Crippen LogP contribution in [0.4, 0.5) is 19.0 Å². The Hall–Kier alpha value is -5.24. The SMILES string of the molecule is O=C1C2CC=C3C(CC4C(=O)N(Nc5ncc(C(F)(F)F)cc5Cl)C(=O)C4(c4ccc(Cl)cc4)C3c3ccccc3OCCO)C2C(=O)N1Cc1ccccc1. The third-order valence-electron chi connectivity index (χ3n) is 11.4. The van der Waals surface area contributed by atoms with E-state index in [1.165, 1.54) is 4.90 Å². The number of amides is 4. The fraction of sp³-hybridized carbons (Fsp3) is 0.293. The first-order valence-electron chi connectivity index (χ1n) is 17.9. The van der Waals surface area contributed by atoms with Crippen molar-refractivity contribution in [2.24, 2.45) is 23.7 Å². The molecular weight excluding hydrogens is 772 g/mol. The first-order chi connectivity index (χ1) is 26.9. The number of aliphatic hydroxyl groups excluding tert-OH is 1. The second kappa shape index (κ2) is 14.4. The highest BCUT2D eigenvalue weighted by Gasteiger charge is 2.70. The second-order valence-electron chi connectivity index (χ2n) is 14.3. The molecule has 4 aromatic rings. The van der Waals surface area contributed by atoms with Gasteiger partial charge in [0.2, 0.25) is 11.8 Å². The van der Waals surface area contributed by atoms with Gasteiger partial charge in [0.25, 0.3) is 11.8 Å². The molecule has 288 valence electrons. The molecule has 10 nitrogen and oxygen atoms in total. The number of carbonyl (C=O) groups excluding carboxylic acids is 4. The van der Waals surface area contributed by atoms with Crippen LogP contribution in [0.2, 0.25) is 10.0 Å². The normalized spacial score (nSPS) is 25.8. The van der Waals surface area contributed by atoms with E-state index in [1.807, 2.05) is 36.4 Å². The zero-order valence-electron chi connectivity index (χ0n) is 29.4. The number of nitrogens with one attached hydrogen (secondary N) is 1. The van der Waals surface area contributed by atoms with Crippen LogP contribution in [-0.2, 0) is 37.3 Å². The molecule has 4 aliphatic rings. The molecule has 3 fully saturated rings. The molecular formula is C41H33Cl2F3N4O6. The van der Waals surface area contributed by atoms with Gasteiger partial charge in [-0.25, -0.2) is 4.98 Å². The van der Waals surface area contributed by atoms with Crippen LogP contribution in [0.15, 0.2) is 103 Å². The number of likely N-dealkylation sites (tertiary alicyclic amines) is 1. The van der Waals surface area contributed by atoms with Crippen LogP contribution in [-0.4, -0.2) is 56.8 Å². The lowest BCUT2D eigenvalue weighted by molar-refractivity contribution is -0.142. The molecule has 0 bridgehead atoms. The van der Waals surface area contributed by atoms with E-state index in [1.54, 1.807) is 48.5 Å². The molecule has 6 atom stereocenters. The topological polar surface area (TPSA) is 129 Å². The van der Waals surface area contributed by atoms with E-state index in [0.717, 1.165) is 10.6 Å². The van der Waals surface area contributed by atoms with Gasteiger partial charge in [0.1, 0.15) is 12.4 Å². The van der Waals surface area contributed by atoms with Gasteiger partial charge >= 0.3 is 6.18 Å². The van der Waals surface area contributed by atoms with Crippen LogP contribution >= 0.6 is 23.2 Å². The average molecular weight is 806 g/mol. The van der Waals surface area contributed by atoms with Gasteiger partial charge in [0.15, 0.2) is 5.82 Å². The minimum absolute atomic E-state index is 0.0269. The number of hydrogen-bond acceptors (Lipinski definition) is 8. The Kier molecular flexibility index (Phi) is 9.66. The smallest absolute Gasteiger partial charge is 0.417 e. The number of fused-ring (bicyclic) bond motifs is 4. The van der Waals surface area contributed by atoms with Crippen LogP contribution in [0.5, 0.6) is 5.75 Å². The lowest BCUT2D eigenvalue weighted by Crippen LogP contribution is -2.53. The highest BCUT2D eigenvalue weighted by Crippen LogP contribution is 2.65. The standard InChI is InChI=1S/C41H33Cl2F3N4O6/c42-25-12-10-23(11-13-25)40-30(37(53)50(39(40)55)48-35-31(43)18-24(20-47-35)41(44,45)46)19-29-26(34(40)27-8-4-5-9-32(27)56-17-16-51)14-15-28-33(29)38(54)49(36(28)52)21-22-6-2-1-3-7-22/h1-14,18,20,28-30,33-34,51H,15-17,19,21H2,(H,47,48). The van der Waals surface area contributed by atoms with E-state index in [4.69, 9.17) is 27.9 Å². The predicted molar refractivity (Wildman–Crippen MR) is 198 cm³/mol. The van der Waals surface area contributed by atoms with Crippen molar-refractivity contribution in [3.8, 4) is 5.75 Å². The monoisotopic (exact) mass is 804 g/mol. The summed E-state index contributed by atoms with van der Waals surface area (Å²) in [7, 11) is 0. The summed E-state index contributed by atoms with van der Waals surface area (Å²) >= 11 is 12.6. The zero-order valence-corrected chi connectivity index (χ0v) is 30.9. The number of halogens is 5. The third-order valence-corrected chi connectivity index (χ3v) is 12.0. The maximum Gasteiger partial charge on any atom is 0.417 e. The van der Waals surface area contributed by atoms with E-state index in [0.29, 0.717) is 39.7 Å². The molecule has 2 N–H and O–H groups in total. The third kappa shape index (κ3) is 6.03. The van der Waals surface area contributed by atoms with E-state index >= 15 is 4.79 Å². The van der Waals surface area contributed by atoms with Gasteiger partial charge in [-0.05, 0) is 54.2 Å². The number of hydrazine groups is 1. The number of ether oxygens (including phenoxy) is 1. The van der Waals surface area contributed by atoms with Crippen LogP contribution in [0.25, 0.3) is 0 Å². The number of rotatable bonds is 9. The van der Waals surface area contributed by atoms with E-state index < -0.39 is 63.6 Å². The van der Waals surface area contributed by atoms with Crippen molar-refractivity contribution in [1.82, 2.24) is 14.9 Å².